The van der Waals surface area contributed by atoms with Crippen molar-refractivity contribution in [3.63, 3.8) is 0 Å². The van der Waals surface area contributed by atoms with Crippen LogP contribution in [-0.2, 0) is 0 Å². The molecule has 2 aliphatic rings. The van der Waals surface area contributed by atoms with Crippen molar-refractivity contribution in [2.24, 2.45) is 11.8 Å². The van der Waals surface area contributed by atoms with Crippen molar-refractivity contribution in [3.8, 4) is 0 Å². The third-order valence-corrected chi connectivity index (χ3v) is 4.64. The maximum Gasteiger partial charge on any atom is 0.401 e. The van der Waals surface area contributed by atoms with Crippen molar-refractivity contribution in [1.82, 2.24) is 15.5 Å². The van der Waals surface area contributed by atoms with E-state index in [4.69, 9.17) is 0 Å². The van der Waals surface area contributed by atoms with Crippen molar-refractivity contribution in [3.05, 3.63) is 0 Å². The number of nitrogens with one attached hydrogen (secondary N) is 2. The van der Waals surface area contributed by atoms with E-state index in [1.807, 2.05) is 0 Å². The molecule has 1 unspecified atom stereocenters. The van der Waals surface area contributed by atoms with Crippen molar-refractivity contribution >= 4 is 6.03 Å². The average molecular weight is 321 g/mol. The van der Waals surface area contributed by atoms with E-state index in [0.717, 1.165) is 12.3 Å². The molecule has 128 valence electrons. The van der Waals surface area contributed by atoms with Crippen LogP contribution in [0.1, 0.15) is 38.5 Å². The molecule has 0 aromatic rings. The van der Waals surface area contributed by atoms with Gasteiger partial charge in [0.1, 0.15) is 0 Å². The van der Waals surface area contributed by atoms with Gasteiger partial charge in [-0.25, -0.2) is 4.79 Å². The third kappa shape index (κ3) is 6.42. The van der Waals surface area contributed by atoms with Crippen LogP contribution in [0.3, 0.4) is 0 Å². The fourth-order valence-corrected chi connectivity index (χ4v) is 3.47. The summed E-state index contributed by atoms with van der Waals surface area (Å²) >= 11 is 0. The maximum absolute atomic E-state index is 12.3. The van der Waals surface area contributed by atoms with Crippen LogP contribution in [-0.4, -0.2) is 49.8 Å². The maximum atomic E-state index is 12.3. The van der Waals surface area contributed by atoms with Gasteiger partial charge >= 0.3 is 12.2 Å². The van der Waals surface area contributed by atoms with Crippen LogP contribution in [0.4, 0.5) is 18.0 Å². The number of carbonyl (C=O) groups is 1. The summed E-state index contributed by atoms with van der Waals surface area (Å²) in [5, 5.41) is 5.61. The molecule has 2 fully saturated rings. The first-order chi connectivity index (χ1) is 10.4. The van der Waals surface area contributed by atoms with Crippen molar-refractivity contribution in [2.75, 3.05) is 32.7 Å². The fourth-order valence-electron chi connectivity index (χ4n) is 3.47. The zero-order valence-corrected chi connectivity index (χ0v) is 12.9. The summed E-state index contributed by atoms with van der Waals surface area (Å²) < 4.78 is 36.9. The Kier molecular flexibility index (Phi) is 6.35. The molecule has 0 spiro atoms. The van der Waals surface area contributed by atoms with E-state index < -0.39 is 12.7 Å². The minimum absolute atomic E-state index is 0.114. The van der Waals surface area contributed by atoms with Gasteiger partial charge in [-0.3, -0.25) is 4.90 Å². The molecule has 1 heterocycles. The Labute approximate surface area is 129 Å². The van der Waals surface area contributed by atoms with Gasteiger partial charge < -0.3 is 10.6 Å². The molecule has 0 aromatic carbocycles. The Morgan fingerprint density at radius 2 is 1.82 bits per heavy atom. The van der Waals surface area contributed by atoms with E-state index in [1.54, 1.807) is 0 Å². The van der Waals surface area contributed by atoms with Crippen molar-refractivity contribution in [2.45, 2.75) is 44.7 Å². The summed E-state index contributed by atoms with van der Waals surface area (Å²) in [6.45, 7) is 1.14. The number of hydrogen-bond acceptors (Lipinski definition) is 2. The molecule has 1 atom stereocenters. The first-order valence-electron chi connectivity index (χ1n) is 8.23. The average Bonchev–Trinajstić information content (AvgIpc) is 3.06. The number of likely N-dealkylation sites (tertiary alicyclic amines) is 1. The number of alkyl halides is 3. The molecule has 0 bridgehead atoms. The highest BCUT2D eigenvalue weighted by Crippen LogP contribution is 2.26. The Morgan fingerprint density at radius 3 is 2.50 bits per heavy atom. The highest BCUT2D eigenvalue weighted by molar-refractivity contribution is 5.73. The summed E-state index contributed by atoms with van der Waals surface area (Å²) in [5.41, 5.74) is 0. The molecule has 0 aromatic heterocycles. The molecule has 0 radical (unpaired) electrons. The second-order valence-corrected chi connectivity index (χ2v) is 6.58. The lowest BCUT2D eigenvalue weighted by Gasteiger charge is -2.18. The molecule has 1 aliphatic carbocycles. The summed E-state index contributed by atoms with van der Waals surface area (Å²) in [6, 6.07) is -0.202. The molecule has 2 rings (SSSR count). The van der Waals surface area contributed by atoms with Crippen LogP contribution in [0.25, 0.3) is 0 Å². The molecule has 2 amide bonds. The number of amides is 2. The molecule has 1 saturated heterocycles. The number of halogens is 3. The molecular formula is C15H26F3N3O. The van der Waals surface area contributed by atoms with Crippen LogP contribution in [0.2, 0.25) is 0 Å². The quantitative estimate of drug-likeness (QED) is 0.790. The van der Waals surface area contributed by atoms with Gasteiger partial charge in [0.25, 0.3) is 0 Å². The Hall–Kier alpha value is -0.980. The second kappa shape index (κ2) is 8.04. The molecule has 22 heavy (non-hydrogen) atoms. The molecular weight excluding hydrogens is 295 g/mol. The van der Waals surface area contributed by atoms with Crippen LogP contribution in [0, 0.1) is 11.8 Å². The van der Waals surface area contributed by atoms with E-state index in [0.29, 0.717) is 32.6 Å². The minimum Gasteiger partial charge on any atom is -0.338 e. The zero-order valence-electron chi connectivity index (χ0n) is 12.9. The lowest BCUT2D eigenvalue weighted by molar-refractivity contribution is -0.143. The highest BCUT2D eigenvalue weighted by Gasteiger charge is 2.34. The largest absolute Gasteiger partial charge is 0.401 e. The van der Waals surface area contributed by atoms with Gasteiger partial charge in [0, 0.05) is 19.6 Å². The summed E-state index contributed by atoms with van der Waals surface area (Å²) in [4.78, 5) is 13.1. The summed E-state index contributed by atoms with van der Waals surface area (Å²) in [6.07, 6.45) is 2.72. The monoisotopic (exact) mass is 321 g/mol. The predicted octanol–water partition coefficient (Wildman–Crippen LogP) is 2.75. The fraction of sp³-hybridized carbons (Fsp3) is 0.933. The molecule has 4 nitrogen and oxygen atoms in total. The number of rotatable bonds is 6. The smallest absolute Gasteiger partial charge is 0.338 e. The number of hydrogen-bond donors (Lipinski definition) is 2. The van der Waals surface area contributed by atoms with Crippen molar-refractivity contribution in [1.29, 1.82) is 0 Å². The standard InChI is InChI=1S/C15H26F3N3O/c16-15(17,18)11-21-8-6-13(10-21)9-20-14(22)19-7-5-12-3-1-2-4-12/h12-13H,1-11H2,(H2,19,20,22). The highest BCUT2D eigenvalue weighted by atomic mass is 19.4. The van der Waals surface area contributed by atoms with Gasteiger partial charge in [0.2, 0.25) is 0 Å². The number of urea groups is 1. The third-order valence-electron chi connectivity index (χ3n) is 4.64. The van der Waals surface area contributed by atoms with Gasteiger partial charge in [-0.2, -0.15) is 13.2 Å². The minimum atomic E-state index is -4.14. The van der Waals surface area contributed by atoms with E-state index in [2.05, 4.69) is 10.6 Å². The molecule has 1 aliphatic heterocycles. The first-order valence-corrected chi connectivity index (χ1v) is 8.23. The van der Waals surface area contributed by atoms with E-state index in [1.165, 1.54) is 30.6 Å². The van der Waals surface area contributed by atoms with Gasteiger partial charge in [0.15, 0.2) is 0 Å². The molecule has 2 N–H and O–H groups in total. The lowest BCUT2D eigenvalue weighted by Crippen LogP contribution is -2.40. The van der Waals surface area contributed by atoms with Crippen LogP contribution >= 0.6 is 0 Å². The second-order valence-electron chi connectivity index (χ2n) is 6.58. The molecule has 7 heteroatoms. The Morgan fingerprint density at radius 1 is 1.09 bits per heavy atom. The van der Waals surface area contributed by atoms with Gasteiger partial charge in [-0.05, 0) is 31.2 Å². The molecule has 1 saturated carbocycles. The normalized spacial score (nSPS) is 23.9. The van der Waals surface area contributed by atoms with Gasteiger partial charge in [-0.15, -0.1) is 0 Å². The summed E-state index contributed by atoms with van der Waals surface area (Å²) in [5.74, 6) is 0.856. The number of nitrogens with zero attached hydrogens (tertiary/aromatic N) is 1. The zero-order chi connectivity index (χ0) is 16.0. The van der Waals surface area contributed by atoms with Crippen LogP contribution < -0.4 is 10.6 Å². The van der Waals surface area contributed by atoms with Crippen LogP contribution in [0.5, 0.6) is 0 Å². The SMILES string of the molecule is O=C(NCCC1CCCC1)NCC1CCN(CC(F)(F)F)C1. The topological polar surface area (TPSA) is 44.4 Å². The number of carbonyl (C=O) groups excluding carboxylic acids is 1. The van der Waals surface area contributed by atoms with Gasteiger partial charge in [0.05, 0.1) is 6.54 Å². The Balaban J connectivity index is 1.53. The predicted molar refractivity (Wildman–Crippen MR) is 78.6 cm³/mol. The van der Waals surface area contributed by atoms with Crippen molar-refractivity contribution < 1.29 is 18.0 Å². The van der Waals surface area contributed by atoms with E-state index >= 15 is 0 Å². The van der Waals surface area contributed by atoms with Crippen LogP contribution in [0.15, 0.2) is 0 Å². The van der Waals surface area contributed by atoms with Gasteiger partial charge in [-0.1, -0.05) is 25.7 Å². The Bertz CT molecular complexity index is 356. The summed E-state index contributed by atoms with van der Waals surface area (Å²) in [7, 11) is 0. The van der Waals surface area contributed by atoms with E-state index in [-0.39, 0.29) is 11.9 Å². The lowest BCUT2D eigenvalue weighted by atomic mass is 10.0. The first kappa shape index (κ1) is 17.4. The van der Waals surface area contributed by atoms with E-state index in [9.17, 15) is 18.0 Å².